The topological polar surface area (TPSA) is 121 Å². The number of aromatic nitrogens is 1. The maximum absolute atomic E-state index is 14.3. The summed E-state index contributed by atoms with van der Waals surface area (Å²) >= 11 is 0. The zero-order valence-corrected chi connectivity index (χ0v) is 23.2. The summed E-state index contributed by atoms with van der Waals surface area (Å²) in [6.45, 7) is 3.66. The number of fused-ring (bicyclic) bond motifs is 2. The fraction of sp³-hybridized carbons (Fsp3) is 0.281. The first-order valence-electron chi connectivity index (χ1n) is 13.4. The summed E-state index contributed by atoms with van der Waals surface area (Å²) in [7, 11) is 3.08. The summed E-state index contributed by atoms with van der Waals surface area (Å²) < 4.78 is 11.3. The molecule has 6 rings (SSSR count). The van der Waals surface area contributed by atoms with Crippen molar-refractivity contribution >= 4 is 34.4 Å². The molecule has 0 saturated carbocycles. The third-order valence-corrected chi connectivity index (χ3v) is 8.68. The second kappa shape index (κ2) is 9.78. The third-order valence-electron chi connectivity index (χ3n) is 8.68. The lowest BCUT2D eigenvalue weighted by Crippen LogP contribution is -2.57. The first-order valence-corrected chi connectivity index (χ1v) is 13.4. The van der Waals surface area contributed by atoms with Crippen molar-refractivity contribution in [2.45, 2.75) is 31.8 Å². The molecule has 4 aromatic rings. The van der Waals surface area contributed by atoms with E-state index in [0.717, 1.165) is 22.0 Å². The number of hydrogen-bond acceptors (Lipinski definition) is 6. The predicted octanol–water partition coefficient (Wildman–Crippen LogP) is 4.32. The summed E-state index contributed by atoms with van der Waals surface area (Å²) in [5.74, 6) is -3.25. The molecule has 2 fully saturated rings. The van der Waals surface area contributed by atoms with E-state index >= 15 is 0 Å². The molecule has 2 aliphatic heterocycles. The van der Waals surface area contributed by atoms with Crippen molar-refractivity contribution in [3.63, 3.8) is 0 Å². The number of carbonyl (C=O) groups excluding carboxylic acids is 2. The Morgan fingerprint density at radius 2 is 1.71 bits per heavy atom. The molecule has 0 radical (unpaired) electrons. The molecule has 3 aromatic carbocycles. The van der Waals surface area contributed by atoms with Crippen molar-refractivity contribution in [3.05, 3.63) is 89.1 Å². The van der Waals surface area contributed by atoms with Gasteiger partial charge in [0.05, 0.1) is 31.7 Å². The van der Waals surface area contributed by atoms with Crippen LogP contribution in [-0.4, -0.2) is 47.6 Å². The Balaban J connectivity index is 1.56. The average Bonchev–Trinajstić information content (AvgIpc) is 3.61. The van der Waals surface area contributed by atoms with E-state index in [0.29, 0.717) is 28.3 Å². The van der Waals surface area contributed by atoms with Gasteiger partial charge >= 0.3 is 5.97 Å². The maximum atomic E-state index is 14.3. The van der Waals surface area contributed by atoms with Crippen LogP contribution in [0.15, 0.2) is 66.9 Å². The van der Waals surface area contributed by atoms with E-state index in [9.17, 15) is 19.5 Å². The Bertz CT molecular complexity index is 1710. The number of nitrogens with zero attached hydrogens (tertiary/aromatic N) is 1. The van der Waals surface area contributed by atoms with Crippen LogP contribution in [0.2, 0.25) is 0 Å². The number of para-hydroxylation sites is 2. The Labute approximate surface area is 237 Å². The normalized spacial score (nSPS) is 23.7. The molecular weight excluding hydrogens is 522 g/mol. The van der Waals surface area contributed by atoms with Crippen LogP contribution in [0, 0.1) is 25.7 Å². The molecular formula is C32H31N3O6. The summed E-state index contributed by atoms with van der Waals surface area (Å²) in [5, 5.41) is 15.1. The van der Waals surface area contributed by atoms with Gasteiger partial charge in [-0.05, 0) is 43.2 Å². The van der Waals surface area contributed by atoms with Crippen LogP contribution in [0.4, 0.5) is 5.69 Å². The van der Waals surface area contributed by atoms with Gasteiger partial charge in [0, 0.05) is 40.7 Å². The van der Waals surface area contributed by atoms with Crippen molar-refractivity contribution in [2.24, 2.45) is 11.8 Å². The van der Waals surface area contributed by atoms with E-state index in [4.69, 9.17) is 9.47 Å². The van der Waals surface area contributed by atoms with Crippen LogP contribution >= 0.6 is 0 Å². The number of benzene rings is 3. The number of ether oxygens (including phenoxy) is 2. The molecule has 9 nitrogen and oxygen atoms in total. The van der Waals surface area contributed by atoms with Gasteiger partial charge in [-0.2, -0.15) is 0 Å². The Kier molecular flexibility index (Phi) is 6.34. The van der Waals surface area contributed by atoms with E-state index in [-0.39, 0.29) is 6.42 Å². The van der Waals surface area contributed by atoms with Crippen LogP contribution in [0.5, 0.6) is 11.5 Å². The number of anilines is 1. The molecule has 4 unspecified atom stereocenters. The highest BCUT2D eigenvalue weighted by Gasteiger charge is 2.69. The van der Waals surface area contributed by atoms with Gasteiger partial charge in [-0.1, -0.05) is 42.5 Å². The number of aliphatic carboxylic acids is 1. The summed E-state index contributed by atoms with van der Waals surface area (Å²) in [6, 6.07) is 17.5. The summed E-state index contributed by atoms with van der Waals surface area (Å²) in [6.07, 6.45) is 1.76. The molecule has 0 aliphatic carbocycles. The van der Waals surface area contributed by atoms with Crippen molar-refractivity contribution < 1.29 is 29.0 Å². The zero-order valence-electron chi connectivity index (χ0n) is 23.2. The molecule has 3 heterocycles. The van der Waals surface area contributed by atoms with Crippen LogP contribution < -0.4 is 19.7 Å². The fourth-order valence-corrected chi connectivity index (χ4v) is 6.77. The number of aryl methyl sites for hydroxylation is 1. The lowest BCUT2D eigenvalue weighted by molar-refractivity contribution is -0.148. The molecule has 2 saturated heterocycles. The summed E-state index contributed by atoms with van der Waals surface area (Å²) in [4.78, 5) is 46.3. The lowest BCUT2D eigenvalue weighted by atomic mass is 9.76. The van der Waals surface area contributed by atoms with Gasteiger partial charge in [-0.3, -0.25) is 19.7 Å². The minimum Gasteiger partial charge on any atom is -0.496 e. The van der Waals surface area contributed by atoms with Crippen LogP contribution in [-0.2, 0) is 20.8 Å². The number of nitrogens with one attached hydrogen (secondary N) is 2. The highest BCUT2D eigenvalue weighted by atomic mass is 16.5. The Hall–Kier alpha value is -4.63. The highest BCUT2D eigenvalue weighted by molar-refractivity contribution is 6.24. The van der Waals surface area contributed by atoms with E-state index in [2.05, 4.69) is 10.3 Å². The number of carboxylic acids is 1. The minimum absolute atomic E-state index is 0.0118. The quantitative estimate of drug-likeness (QED) is 0.292. The first-order chi connectivity index (χ1) is 19.7. The number of hydrogen-bond donors (Lipinski definition) is 3. The number of aromatic amines is 1. The number of H-pyrrole nitrogens is 1. The van der Waals surface area contributed by atoms with Crippen LogP contribution in [0.3, 0.4) is 0 Å². The van der Waals surface area contributed by atoms with Crippen molar-refractivity contribution in [2.75, 3.05) is 19.1 Å². The average molecular weight is 554 g/mol. The van der Waals surface area contributed by atoms with Gasteiger partial charge in [0.2, 0.25) is 11.8 Å². The van der Waals surface area contributed by atoms with E-state index < -0.39 is 41.2 Å². The number of carboxylic acid groups (broad SMARTS) is 1. The van der Waals surface area contributed by atoms with Crippen LogP contribution in [0.1, 0.15) is 28.3 Å². The predicted molar refractivity (Wildman–Crippen MR) is 153 cm³/mol. The monoisotopic (exact) mass is 553 g/mol. The van der Waals surface area contributed by atoms with Crippen LogP contribution in [0.25, 0.3) is 10.9 Å². The maximum Gasteiger partial charge on any atom is 0.325 e. The number of methoxy groups -OCH3 is 2. The summed E-state index contributed by atoms with van der Waals surface area (Å²) in [5.41, 5.74) is 2.33. The van der Waals surface area contributed by atoms with Crippen molar-refractivity contribution in [1.29, 1.82) is 0 Å². The highest BCUT2D eigenvalue weighted by Crippen LogP contribution is 2.53. The van der Waals surface area contributed by atoms with Gasteiger partial charge in [0.25, 0.3) is 0 Å². The largest absolute Gasteiger partial charge is 0.496 e. The van der Waals surface area contributed by atoms with E-state index in [1.54, 1.807) is 37.6 Å². The molecule has 9 heteroatoms. The van der Waals surface area contributed by atoms with E-state index in [1.807, 2.05) is 50.2 Å². The van der Waals surface area contributed by atoms with Gasteiger partial charge in [0.15, 0.2) is 0 Å². The molecule has 0 spiro atoms. The minimum atomic E-state index is -1.77. The molecule has 2 amide bonds. The number of imide groups is 1. The number of rotatable bonds is 7. The SMILES string of the molecule is COc1ccc(C2NC(Cc3c[nH]c4ccccc34)(C(=O)O)C3C(=O)N(c4ccccc4C)C(=O)C23)c(OC)c1C. The lowest BCUT2D eigenvalue weighted by Gasteiger charge is -2.31. The molecule has 2 aliphatic rings. The number of carbonyl (C=O) groups is 3. The van der Waals surface area contributed by atoms with Gasteiger partial charge in [0.1, 0.15) is 17.0 Å². The smallest absolute Gasteiger partial charge is 0.325 e. The fourth-order valence-electron chi connectivity index (χ4n) is 6.77. The standard InChI is InChI=1S/C32H31N3O6/c1-17-9-5-8-12-23(17)35-29(36)25-26(30(35)37)32(31(38)39,15-19-16-33-22-11-7-6-10-20(19)22)34-27(25)21-13-14-24(40-3)18(2)28(21)41-4/h5-14,16,25-27,33-34H,15H2,1-4H3,(H,38,39). The zero-order chi connectivity index (χ0) is 29.1. The number of amides is 2. The second-order valence-corrected chi connectivity index (χ2v) is 10.8. The molecule has 210 valence electrons. The Morgan fingerprint density at radius 1 is 0.976 bits per heavy atom. The Morgan fingerprint density at radius 3 is 2.41 bits per heavy atom. The van der Waals surface area contributed by atoms with Crippen molar-refractivity contribution in [1.82, 2.24) is 10.3 Å². The van der Waals surface area contributed by atoms with Crippen molar-refractivity contribution in [3.8, 4) is 11.5 Å². The van der Waals surface area contributed by atoms with Gasteiger partial charge in [-0.25, -0.2) is 4.90 Å². The third kappa shape index (κ3) is 3.83. The first kappa shape index (κ1) is 26.6. The van der Waals surface area contributed by atoms with Gasteiger partial charge < -0.3 is 19.6 Å². The molecule has 1 aromatic heterocycles. The van der Waals surface area contributed by atoms with E-state index in [1.165, 1.54) is 12.0 Å². The molecule has 41 heavy (non-hydrogen) atoms. The van der Waals surface area contributed by atoms with Gasteiger partial charge in [-0.15, -0.1) is 0 Å². The molecule has 0 bridgehead atoms. The second-order valence-electron chi connectivity index (χ2n) is 10.8. The molecule has 3 N–H and O–H groups in total. The molecule has 4 atom stereocenters.